The van der Waals surface area contributed by atoms with E-state index in [-0.39, 0.29) is 34.0 Å². The van der Waals surface area contributed by atoms with Gasteiger partial charge in [-0.3, -0.25) is 0 Å². The van der Waals surface area contributed by atoms with Gasteiger partial charge in [-0.15, -0.1) is 0 Å². The molecule has 30 heavy (non-hydrogen) atoms. The van der Waals surface area contributed by atoms with Gasteiger partial charge in [-0.2, -0.15) is 0 Å². The summed E-state index contributed by atoms with van der Waals surface area (Å²) in [4.78, 5) is 0. The molecule has 0 N–H and O–H groups in total. The van der Waals surface area contributed by atoms with Crippen LogP contribution in [0.25, 0.3) is 22.7 Å². The van der Waals surface area contributed by atoms with Crippen LogP contribution in [0.5, 0.6) is 0 Å². The molecule has 0 saturated carbocycles. The van der Waals surface area contributed by atoms with Crippen molar-refractivity contribution in [2.75, 3.05) is 0 Å². The molecule has 6 rings (SSSR count). The quantitative estimate of drug-likeness (QED) is 0.413. The molecule has 3 aliphatic rings. The van der Waals surface area contributed by atoms with Crippen molar-refractivity contribution in [1.82, 2.24) is 4.57 Å². The van der Waals surface area contributed by atoms with E-state index in [1.54, 1.807) is 25.8 Å². The van der Waals surface area contributed by atoms with Crippen molar-refractivity contribution in [3.05, 3.63) is 92.4 Å². The molecule has 0 spiro atoms. The maximum Gasteiger partial charge on any atom is -1.00 e. The van der Waals surface area contributed by atoms with Crippen LogP contribution in [-0.2, 0) is 36.1 Å². The van der Waals surface area contributed by atoms with Gasteiger partial charge in [0.05, 0.1) is 0 Å². The summed E-state index contributed by atoms with van der Waals surface area (Å²) in [6.07, 6.45) is 15.8. The van der Waals surface area contributed by atoms with Gasteiger partial charge in [0.15, 0.2) is 0 Å². The van der Waals surface area contributed by atoms with E-state index in [0.29, 0.717) is 3.63 Å². The van der Waals surface area contributed by atoms with Crippen LogP contribution in [0, 0.1) is 0 Å². The number of hydrogen-bond donors (Lipinski definition) is 0. The number of halogens is 2. The van der Waals surface area contributed by atoms with Crippen molar-refractivity contribution in [3.63, 3.8) is 0 Å². The van der Waals surface area contributed by atoms with E-state index in [9.17, 15) is 0 Å². The summed E-state index contributed by atoms with van der Waals surface area (Å²) in [7, 11) is 0. The van der Waals surface area contributed by atoms with Crippen LogP contribution >= 0.6 is 0 Å². The maximum atomic E-state index is 2.68. The van der Waals surface area contributed by atoms with Crippen LogP contribution in [0.3, 0.4) is 0 Å². The Labute approximate surface area is 211 Å². The Morgan fingerprint density at radius 2 is 1.70 bits per heavy atom. The van der Waals surface area contributed by atoms with Gasteiger partial charge in [0.2, 0.25) is 0 Å². The summed E-state index contributed by atoms with van der Waals surface area (Å²) >= 11 is -0.735. The minimum Gasteiger partial charge on any atom is -1.00 e. The number of fused-ring (bicyclic) bond motifs is 4. The molecule has 1 unspecified atom stereocenters. The van der Waals surface area contributed by atoms with E-state index in [2.05, 4.69) is 77.4 Å². The number of nitrogens with zero attached hydrogens (tertiary/aromatic N) is 1. The molecule has 1 nitrogen and oxygen atoms in total. The van der Waals surface area contributed by atoms with Gasteiger partial charge in [0.25, 0.3) is 0 Å². The van der Waals surface area contributed by atoms with E-state index in [4.69, 9.17) is 0 Å². The van der Waals surface area contributed by atoms with E-state index < -0.39 is 23.2 Å². The zero-order valence-corrected chi connectivity index (χ0v) is 22.4. The summed E-state index contributed by atoms with van der Waals surface area (Å²) in [5, 5.41) is 1.49. The average Bonchev–Trinajstić information content (AvgIpc) is 3.45. The predicted molar refractivity (Wildman–Crippen MR) is 114 cm³/mol. The van der Waals surface area contributed by atoms with Crippen LogP contribution < -0.4 is 34.0 Å². The molecule has 1 atom stereocenters. The van der Waals surface area contributed by atoms with E-state index >= 15 is 0 Å². The van der Waals surface area contributed by atoms with Crippen LogP contribution in [0.1, 0.15) is 45.3 Å². The zero-order valence-electron chi connectivity index (χ0n) is 16.7. The van der Waals surface area contributed by atoms with Gasteiger partial charge in [0.1, 0.15) is 0 Å². The van der Waals surface area contributed by atoms with Gasteiger partial charge >= 0.3 is 179 Å². The molecule has 0 amide bonds. The third-order valence-electron chi connectivity index (χ3n) is 6.44. The summed E-state index contributed by atoms with van der Waals surface area (Å²) in [6.45, 7) is 0. The molecule has 2 aromatic carbocycles. The Morgan fingerprint density at radius 1 is 0.900 bits per heavy atom. The van der Waals surface area contributed by atoms with Crippen molar-refractivity contribution in [1.29, 1.82) is 0 Å². The fourth-order valence-corrected chi connectivity index (χ4v) is 9.06. The Bertz CT molecular complexity index is 1180. The van der Waals surface area contributed by atoms with E-state index in [1.807, 2.05) is 0 Å². The zero-order chi connectivity index (χ0) is 18.5. The van der Waals surface area contributed by atoms with Gasteiger partial charge in [0, 0.05) is 0 Å². The number of allylic oxidation sites excluding steroid dienone is 5. The van der Waals surface area contributed by atoms with Crippen molar-refractivity contribution < 1.29 is 57.2 Å². The van der Waals surface area contributed by atoms with E-state index in [1.165, 1.54) is 48.6 Å². The molecular formula is C26H23Br2NZr. The van der Waals surface area contributed by atoms with Gasteiger partial charge in [-0.1, -0.05) is 0 Å². The smallest absolute Gasteiger partial charge is 1.00 e. The third kappa shape index (κ3) is 3.63. The Hall–Kier alpha value is -0.957. The first-order valence-corrected chi connectivity index (χ1v) is 13.1. The summed E-state index contributed by atoms with van der Waals surface area (Å²) in [5.41, 5.74) is 9.20. The predicted octanol–water partition coefficient (Wildman–Crippen LogP) is 0.507. The van der Waals surface area contributed by atoms with Gasteiger partial charge in [-0.05, 0) is 0 Å². The molecule has 4 heteroatoms. The van der Waals surface area contributed by atoms with Gasteiger partial charge in [-0.25, -0.2) is 0 Å². The largest absolute Gasteiger partial charge is 1.00 e. The molecule has 0 aliphatic heterocycles. The molecule has 0 fully saturated rings. The Morgan fingerprint density at radius 3 is 2.57 bits per heavy atom. The second-order valence-electron chi connectivity index (χ2n) is 8.08. The minimum atomic E-state index is -0.735. The first-order chi connectivity index (χ1) is 13.9. The van der Waals surface area contributed by atoms with Crippen LogP contribution in [-0.4, -0.2) is 4.57 Å². The molecule has 0 radical (unpaired) electrons. The third-order valence-corrected chi connectivity index (χ3v) is 10.5. The molecule has 150 valence electrons. The first-order valence-electron chi connectivity index (χ1n) is 10.4. The van der Waals surface area contributed by atoms with Crippen LogP contribution in [0.2, 0.25) is 0 Å². The van der Waals surface area contributed by atoms with Crippen LogP contribution in [0.4, 0.5) is 0 Å². The molecular weight excluding hydrogens is 577 g/mol. The topological polar surface area (TPSA) is 4.93 Å². The molecule has 1 heterocycles. The number of hydrogen-bond acceptors (Lipinski definition) is 0. The standard InChI is InChI=1S/C21H18N.C5H5.2BrH.Zr/c1-2-8-16-14-17(13-15(16)7-1)22-20-11-5-3-9-18(20)19-10-4-6-12-21(19)22;1-2-4-5-3-1;;;/h1-3,5,7-9,11,13-14H,4,6,10,12H2;1-3H,4H2;2*1H;/q;;;;+2/p-2. The van der Waals surface area contributed by atoms with Gasteiger partial charge < -0.3 is 34.0 Å². The molecule has 1 aromatic heterocycles. The summed E-state index contributed by atoms with van der Waals surface area (Å²) in [5.74, 6) is 0. The summed E-state index contributed by atoms with van der Waals surface area (Å²) in [6, 6.07) is 18.2. The average molecular weight is 601 g/mol. The second kappa shape index (κ2) is 9.27. The molecule has 3 aromatic rings. The number of para-hydroxylation sites is 1. The van der Waals surface area contributed by atoms with E-state index in [0.717, 1.165) is 0 Å². The normalized spacial score (nSPS) is 18.6. The number of aryl methyl sites for hydroxylation is 1. The number of rotatable bonds is 3. The fourth-order valence-electron chi connectivity index (χ4n) is 5.18. The van der Waals surface area contributed by atoms with Crippen molar-refractivity contribution >= 4 is 22.7 Å². The van der Waals surface area contributed by atoms with Crippen LogP contribution in [0.15, 0.2) is 70.0 Å². The monoisotopic (exact) mass is 597 g/mol. The summed E-state index contributed by atoms with van der Waals surface area (Å²) < 4.78 is 5.02. The fraction of sp³-hybridized carbons (Fsp3) is 0.231. The minimum absolute atomic E-state index is 0. The number of aromatic nitrogens is 1. The first kappa shape index (κ1) is 22.2. The SMILES string of the molecule is C1=CC[C]([Zr+2][CH]2C(n3c4c(c5ccccc53)CCCC4)=Cc3ccccc32)=C1.[Br-].[Br-]. The van der Waals surface area contributed by atoms with Crippen molar-refractivity contribution in [3.8, 4) is 0 Å². The Kier molecular flexibility index (Phi) is 6.87. The molecule has 0 saturated heterocycles. The molecule has 3 aliphatic carbocycles. The second-order valence-corrected chi connectivity index (χ2v) is 11.8. The molecule has 0 bridgehead atoms. The van der Waals surface area contributed by atoms with Crippen molar-refractivity contribution in [2.45, 2.75) is 35.7 Å². The van der Waals surface area contributed by atoms with Crippen molar-refractivity contribution in [2.24, 2.45) is 0 Å². The maximum absolute atomic E-state index is 2.68. The number of benzene rings is 2. The Balaban J connectivity index is 0.00000109.